The Labute approximate surface area is 302 Å². The van der Waals surface area contributed by atoms with E-state index >= 15 is 0 Å². The van der Waals surface area contributed by atoms with E-state index in [9.17, 15) is 78.8 Å². The Bertz CT molecular complexity index is 943. The van der Waals surface area contributed by atoms with Gasteiger partial charge in [0.05, 0.1) is 35.8 Å². The molecule has 0 amide bonds. The Hall–Kier alpha value is -3.33. The number of rotatable bonds is 24. The fourth-order valence-electron chi connectivity index (χ4n) is 3.02. The Morgan fingerprint density at radius 1 is 0.383 bits per heavy atom. The average molecular weight is 940 g/mol. The number of hydrogen-bond donors (Lipinski definition) is 0. The third-order valence-electron chi connectivity index (χ3n) is 4.56. The first-order valence-corrected chi connectivity index (χ1v) is 11.6. The summed E-state index contributed by atoms with van der Waals surface area (Å²) in [6.07, 6.45) is 0. The van der Waals surface area contributed by atoms with Crippen LogP contribution >= 0.6 is 0 Å². The van der Waals surface area contributed by atoms with E-state index in [0.29, 0.717) is 0 Å². The number of carbonyl (C=O) groups is 8. The fourth-order valence-corrected chi connectivity index (χ4v) is 3.02. The van der Waals surface area contributed by atoms with Gasteiger partial charge in [-0.1, -0.05) is 0 Å². The van der Waals surface area contributed by atoms with Crippen molar-refractivity contribution in [3.8, 4) is 0 Å². The SMILES string of the molecule is O=NOC(=O)CN(CCN(CC(=O)[O-])CC(=O)[O-])CC(=O)[O-].O=NOC(=O)CN(CCN(CC(=O)[O-])CC(=O)[O-])CC(=O)[O-].[Ru+2].[Ru+2].[Ru+2]. The molecule has 0 saturated carbocycles. The van der Waals surface area contributed by atoms with Crippen molar-refractivity contribution in [3.63, 3.8) is 0 Å². The predicted octanol–water partition coefficient (Wildman–Crippen LogP) is -11.9. The maximum atomic E-state index is 11.0. The standard InChI is InChI=1S/2C10H15N3O9.3Ru/c2*14-7(15)3-12(4-8(16)17)1-2-13(5-9(18)19)6-10(20)22-11-21;;;/h2*1-6H2,(H,14,15)(H,16,17)(H,18,19);;;/q;;3*+2/p-6. The maximum absolute atomic E-state index is 11.0. The summed E-state index contributed by atoms with van der Waals surface area (Å²) in [5, 5.41) is 66.7. The average Bonchev–Trinajstić information content (AvgIpc) is 2.84. The smallest absolute Gasteiger partial charge is 0.549 e. The van der Waals surface area contributed by atoms with Crippen molar-refractivity contribution < 1.29 is 137 Å². The summed E-state index contributed by atoms with van der Waals surface area (Å²) < 4.78 is 0. The predicted molar refractivity (Wildman–Crippen MR) is 120 cm³/mol. The van der Waals surface area contributed by atoms with Crippen LogP contribution in [0.1, 0.15) is 0 Å². The molecule has 24 nitrogen and oxygen atoms in total. The zero-order chi connectivity index (χ0) is 34.2. The van der Waals surface area contributed by atoms with Crippen LogP contribution in [0, 0.1) is 9.81 Å². The molecule has 0 aliphatic rings. The second kappa shape index (κ2) is 31.3. The van der Waals surface area contributed by atoms with Crippen molar-refractivity contribution >= 4 is 47.8 Å². The topological polar surface area (TPSA) is 365 Å². The molecule has 0 aliphatic carbocycles. The molecular formula is C20H24N6O18Ru3. The number of hydrogen-bond acceptors (Lipinski definition) is 24. The minimum atomic E-state index is -1.54. The Kier molecular flexibility index (Phi) is 35.4. The molecule has 0 fully saturated rings. The molecule has 0 rings (SSSR count). The molecule has 0 N–H and O–H groups in total. The van der Waals surface area contributed by atoms with Crippen LogP contribution in [-0.4, -0.2) is 146 Å². The molecule has 0 radical (unpaired) electrons. The molecule has 0 aromatic rings. The van der Waals surface area contributed by atoms with E-state index in [4.69, 9.17) is 0 Å². The van der Waals surface area contributed by atoms with Gasteiger partial charge in [0.2, 0.25) is 0 Å². The van der Waals surface area contributed by atoms with Crippen molar-refractivity contribution in [2.75, 3.05) is 78.5 Å². The van der Waals surface area contributed by atoms with Crippen LogP contribution in [0.5, 0.6) is 0 Å². The summed E-state index contributed by atoms with van der Waals surface area (Å²) in [5.74, 6) is -11.5. The fraction of sp³-hybridized carbons (Fsp3) is 0.600. The molecule has 0 aliphatic heterocycles. The molecule has 0 aromatic heterocycles. The van der Waals surface area contributed by atoms with Crippen LogP contribution in [0.15, 0.2) is 10.7 Å². The van der Waals surface area contributed by atoms with Crippen LogP contribution in [-0.2, 0) is 106 Å². The number of carboxylic acid groups (broad SMARTS) is 6. The van der Waals surface area contributed by atoms with E-state index in [1.54, 1.807) is 0 Å². The first-order valence-electron chi connectivity index (χ1n) is 11.6. The monoisotopic (exact) mass is 942 g/mol. The zero-order valence-corrected chi connectivity index (χ0v) is 28.8. The third kappa shape index (κ3) is 35.4. The summed E-state index contributed by atoms with van der Waals surface area (Å²) in [6, 6.07) is 0. The van der Waals surface area contributed by atoms with E-state index in [0.717, 1.165) is 19.6 Å². The number of nitrogens with zero attached hydrogens (tertiary/aromatic N) is 6. The van der Waals surface area contributed by atoms with Crippen LogP contribution in [0.3, 0.4) is 0 Å². The quantitative estimate of drug-likeness (QED) is 0.0492. The number of carboxylic acids is 6. The largest absolute Gasteiger partial charge is 2.00 e. The molecule has 0 heterocycles. The molecule has 0 unspecified atom stereocenters. The molecule has 0 aromatic carbocycles. The van der Waals surface area contributed by atoms with Gasteiger partial charge >= 0.3 is 70.4 Å². The molecular weight excluding hydrogens is 915 g/mol. The van der Waals surface area contributed by atoms with Crippen LogP contribution in [0.25, 0.3) is 0 Å². The van der Waals surface area contributed by atoms with Gasteiger partial charge in [-0.05, 0) is 0 Å². The molecule has 0 saturated heterocycles. The van der Waals surface area contributed by atoms with Crippen molar-refractivity contribution in [3.05, 3.63) is 9.81 Å². The van der Waals surface area contributed by atoms with Crippen LogP contribution in [0.2, 0.25) is 0 Å². The minimum absolute atomic E-state index is 0. The van der Waals surface area contributed by atoms with E-state index in [-0.39, 0.29) is 84.6 Å². The maximum Gasteiger partial charge on any atom is 2.00 e. The van der Waals surface area contributed by atoms with Gasteiger partial charge in [-0.3, -0.25) is 29.3 Å². The van der Waals surface area contributed by atoms with Crippen molar-refractivity contribution in [1.82, 2.24) is 19.6 Å². The van der Waals surface area contributed by atoms with Crippen molar-refractivity contribution in [2.45, 2.75) is 0 Å². The van der Waals surface area contributed by atoms with E-state index < -0.39 is 100 Å². The summed E-state index contributed by atoms with van der Waals surface area (Å²) in [4.78, 5) is 116. The van der Waals surface area contributed by atoms with Crippen molar-refractivity contribution in [2.24, 2.45) is 10.7 Å². The Morgan fingerprint density at radius 2 is 0.553 bits per heavy atom. The molecule has 0 spiro atoms. The van der Waals surface area contributed by atoms with E-state index in [1.807, 2.05) is 10.7 Å². The molecule has 0 atom stereocenters. The first kappa shape index (κ1) is 53.2. The second-order valence-electron chi connectivity index (χ2n) is 8.15. The Morgan fingerprint density at radius 3 is 0.702 bits per heavy atom. The Balaban J connectivity index is -0.000000235. The van der Waals surface area contributed by atoms with Gasteiger partial charge in [-0.15, -0.1) is 9.81 Å². The van der Waals surface area contributed by atoms with Gasteiger partial charge in [0.25, 0.3) is 0 Å². The first-order chi connectivity index (χ1) is 20.5. The van der Waals surface area contributed by atoms with E-state index in [2.05, 4.69) is 9.68 Å². The number of aliphatic carboxylic acids is 6. The van der Waals surface area contributed by atoms with Gasteiger partial charge in [0.15, 0.2) is 10.7 Å². The zero-order valence-electron chi connectivity index (χ0n) is 23.6. The minimum Gasteiger partial charge on any atom is -0.549 e. The second-order valence-corrected chi connectivity index (χ2v) is 8.15. The van der Waals surface area contributed by atoms with Gasteiger partial charge in [0.1, 0.15) is 13.1 Å². The number of carbonyl (C=O) groups excluding carboxylic acids is 8. The van der Waals surface area contributed by atoms with Crippen molar-refractivity contribution in [1.29, 1.82) is 0 Å². The normalized spacial score (nSPS) is 9.79. The van der Waals surface area contributed by atoms with Gasteiger partial charge in [-0.2, -0.15) is 0 Å². The summed E-state index contributed by atoms with van der Waals surface area (Å²) >= 11 is 0. The molecule has 47 heavy (non-hydrogen) atoms. The van der Waals surface area contributed by atoms with Gasteiger partial charge in [-0.25, -0.2) is 9.59 Å². The summed E-state index contributed by atoms with van der Waals surface area (Å²) in [7, 11) is 0. The molecule has 27 heteroatoms. The third-order valence-corrected chi connectivity index (χ3v) is 4.56. The summed E-state index contributed by atoms with van der Waals surface area (Å²) in [6.45, 7) is -6.52. The van der Waals surface area contributed by atoms with Crippen LogP contribution in [0.4, 0.5) is 0 Å². The molecule has 0 bridgehead atoms. The van der Waals surface area contributed by atoms with Gasteiger partial charge < -0.3 is 59.4 Å². The van der Waals surface area contributed by atoms with Gasteiger partial charge in [0, 0.05) is 65.4 Å². The van der Waals surface area contributed by atoms with Crippen LogP contribution < -0.4 is 30.6 Å². The van der Waals surface area contributed by atoms with E-state index in [1.165, 1.54) is 0 Å². The molecule has 266 valence electrons. The summed E-state index contributed by atoms with van der Waals surface area (Å²) in [5.41, 5.74) is 0.